The van der Waals surface area contributed by atoms with Crippen LogP contribution in [0.15, 0.2) is 24.4 Å². The lowest BCUT2D eigenvalue weighted by Gasteiger charge is -2.39. The van der Waals surface area contributed by atoms with E-state index in [0.717, 1.165) is 44.9 Å². The minimum Gasteiger partial charge on any atom is -0.371 e. The highest BCUT2D eigenvalue weighted by atomic mass is 16.5. The van der Waals surface area contributed by atoms with Gasteiger partial charge in [0.25, 0.3) is 0 Å². The van der Waals surface area contributed by atoms with E-state index in [2.05, 4.69) is 35.2 Å². The lowest BCUT2D eigenvalue weighted by atomic mass is 10.0. The fraction of sp³-hybridized carbons (Fsp3) is 0.643. The van der Waals surface area contributed by atoms with Crippen LogP contribution in [0.3, 0.4) is 0 Å². The second kappa shape index (κ2) is 6.27. The van der Waals surface area contributed by atoms with E-state index >= 15 is 0 Å². The van der Waals surface area contributed by atoms with Gasteiger partial charge in [0.15, 0.2) is 0 Å². The largest absolute Gasteiger partial charge is 0.371 e. The molecule has 0 saturated carbocycles. The van der Waals surface area contributed by atoms with Crippen molar-refractivity contribution in [1.29, 1.82) is 0 Å². The number of hydrogen-bond donors (Lipinski definition) is 1. The predicted octanol–water partition coefficient (Wildman–Crippen LogP) is 0.934. The number of pyridine rings is 1. The molecule has 0 atom stereocenters. The molecule has 4 nitrogen and oxygen atoms in total. The summed E-state index contributed by atoms with van der Waals surface area (Å²) in [7, 11) is 2.13. The SMILES string of the molecule is CN(CCOC1(C)CNC1)CCc1ccccn1. The normalized spacial score (nSPS) is 17.7. The number of rotatable bonds is 7. The third-order valence-electron chi connectivity index (χ3n) is 3.40. The topological polar surface area (TPSA) is 37.4 Å². The first-order valence-electron chi connectivity index (χ1n) is 6.61. The summed E-state index contributed by atoms with van der Waals surface area (Å²) in [6, 6.07) is 6.07. The van der Waals surface area contributed by atoms with Gasteiger partial charge < -0.3 is 15.0 Å². The van der Waals surface area contributed by atoms with Gasteiger partial charge in [-0.1, -0.05) is 6.07 Å². The Morgan fingerprint density at radius 1 is 1.39 bits per heavy atom. The molecule has 1 aliphatic heterocycles. The minimum atomic E-state index is 0.0713. The van der Waals surface area contributed by atoms with Crippen LogP contribution in [0.4, 0.5) is 0 Å². The number of nitrogens with zero attached hydrogens (tertiary/aromatic N) is 2. The predicted molar refractivity (Wildman–Crippen MR) is 72.7 cm³/mol. The molecule has 0 unspecified atom stereocenters. The smallest absolute Gasteiger partial charge is 0.0902 e. The molecule has 1 N–H and O–H groups in total. The molecule has 4 heteroatoms. The van der Waals surface area contributed by atoms with Gasteiger partial charge in [-0.3, -0.25) is 4.98 Å². The van der Waals surface area contributed by atoms with Crippen LogP contribution in [0, 0.1) is 0 Å². The van der Waals surface area contributed by atoms with Gasteiger partial charge >= 0.3 is 0 Å². The molecule has 0 aliphatic carbocycles. The Morgan fingerprint density at radius 3 is 2.83 bits per heavy atom. The first-order chi connectivity index (χ1) is 8.68. The standard InChI is InChI=1S/C14H23N3O/c1-14(11-15-12-14)18-10-9-17(2)8-6-13-5-3-4-7-16-13/h3-5,7,15H,6,8-12H2,1-2H3. The van der Waals surface area contributed by atoms with Gasteiger partial charge in [0.2, 0.25) is 0 Å². The van der Waals surface area contributed by atoms with E-state index in [1.165, 1.54) is 0 Å². The van der Waals surface area contributed by atoms with E-state index in [-0.39, 0.29) is 5.60 Å². The molecular weight excluding hydrogens is 226 g/mol. The van der Waals surface area contributed by atoms with Crippen LogP contribution in [0.5, 0.6) is 0 Å². The van der Waals surface area contributed by atoms with Crippen LogP contribution < -0.4 is 5.32 Å². The van der Waals surface area contributed by atoms with Crippen LogP contribution in [-0.2, 0) is 11.2 Å². The number of likely N-dealkylation sites (N-methyl/N-ethyl adjacent to an activating group) is 1. The molecule has 100 valence electrons. The van der Waals surface area contributed by atoms with Crippen molar-refractivity contribution in [3.05, 3.63) is 30.1 Å². The molecule has 0 bridgehead atoms. The lowest BCUT2D eigenvalue weighted by molar-refractivity contribution is -0.0708. The van der Waals surface area contributed by atoms with Crippen molar-refractivity contribution >= 4 is 0 Å². The molecule has 1 fully saturated rings. The van der Waals surface area contributed by atoms with Crippen molar-refractivity contribution < 1.29 is 4.74 Å². The van der Waals surface area contributed by atoms with Gasteiger partial charge in [-0.15, -0.1) is 0 Å². The van der Waals surface area contributed by atoms with E-state index in [1.54, 1.807) is 0 Å². The highest BCUT2D eigenvalue weighted by Crippen LogP contribution is 2.14. The molecule has 0 aromatic carbocycles. The molecular formula is C14H23N3O. The van der Waals surface area contributed by atoms with Crippen LogP contribution in [0.25, 0.3) is 0 Å². The van der Waals surface area contributed by atoms with Crippen LogP contribution in [0.1, 0.15) is 12.6 Å². The zero-order chi connectivity index (χ0) is 12.8. The van der Waals surface area contributed by atoms with E-state index < -0.39 is 0 Å². The maximum absolute atomic E-state index is 5.87. The van der Waals surface area contributed by atoms with E-state index in [0.29, 0.717) is 0 Å². The Hall–Kier alpha value is -0.970. The van der Waals surface area contributed by atoms with Gasteiger partial charge in [0.1, 0.15) is 0 Å². The average Bonchev–Trinajstić information content (AvgIpc) is 2.35. The summed E-state index contributed by atoms with van der Waals surface area (Å²) in [5, 5.41) is 3.24. The lowest BCUT2D eigenvalue weighted by Crippen LogP contribution is -2.59. The third-order valence-corrected chi connectivity index (χ3v) is 3.40. The molecule has 0 radical (unpaired) electrons. The summed E-state index contributed by atoms with van der Waals surface area (Å²) >= 11 is 0. The van der Waals surface area contributed by atoms with Crippen molar-refractivity contribution in [3.63, 3.8) is 0 Å². The van der Waals surface area contributed by atoms with Crippen LogP contribution in [-0.4, -0.2) is 55.3 Å². The summed E-state index contributed by atoms with van der Waals surface area (Å²) < 4.78 is 5.87. The van der Waals surface area contributed by atoms with Gasteiger partial charge in [-0.25, -0.2) is 0 Å². The molecule has 1 aliphatic rings. The summed E-state index contributed by atoms with van der Waals surface area (Å²) in [6.45, 7) is 6.92. The molecule has 1 aromatic heterocycles. The highest BCUT2D eigenvalue weighted by molar-refractivity contribution is 5.03. The second-order valence-corrected chi connectivity index (χ2v) is 5.28. The third kappa shape index (κ3) is 4.05. The van der Waals surface area contributed by atoms with Crippen molar-refractivity contribution in [1.82, 2.24) is 15.2 Å². The fourth-order valence-corrected chi connectivity index (χ4v) is 1.99. The van der Waals surface area contributed by atoms with E-state index in [9.17, 15) is 0 Å². The van der Waals surface area contributed by atoms with Gasteiger partial charge in [-0.2, -0.15) is 0 Å². The molecule has 1 aromatic rings. The van der Waals surface area contributed by atoms with Crippen molar-refractivity contribution in [2.45, 2.75) is 18.9 Å². The van der Waals surface area contributed by atoms with Gasteiger partial charge in [0, 0.05) is 44.5 Å². The first-order valence-corrected chi connectivity index (χ1v) is 6.61. The van der Waals surface area contributed by atoms with Crippen molar-refractivity contribution in [2.24, 2.45) is 0 Å². The van der Waals surface area contributed by atoms with Crippen molar-refractivity contribution in [2.75, 3.05) is 39.8 Å². The summed E-state index contributed by atoms with van der Waals surface area (Å²) in [6.07, 6.45) is 2.85. The maximum Gasteiger partial charge on any atom is 0.0902 e. The molecule has 0 spiro atoms. The second-order valence-electron chi connectivity index (χ2n) is 5.28. The summed E-state index contributed by atoms with van der Waals surface area (Å²) in [5.41, 5.74) is 1.22. The monoisotopic (exact) mass is 249 g/mol. The molecule has 0 amide bonds. The van der Waals surface area contributed by atoms with E-state index in [4.69, 9.17) is 4.74 Å². The number of hydrogen-bond acceptors (Lipinski definition) is 4. The molecule has 2 rings (SSSR count). The Morgan fingerprint density at radius 2 is 2.22 bits per heavy atom. The molecule has 18 heavy (non-hydrogen) atoms. The van der Waals surface area contributed by atoms with E-state index in [1.807, 2.05) is 18.3 Å². The minimum absolute atomic E-state index is 0.0713. The van der Waals surface area contributed by atoms with Gasteiger partial charge in [0.05, 0.1) is 12.2 Å². The van der Waals surface area contributed by atoms with Crippen molar-refractivity contribution in [3.8, 4) is 0 Å². The average molecular weight is 249 g/mol. The number of ether oxygens (including phenoxy) is 1. The summed E-state index contributed by atoms with van der Waals surface area (Å²) in [4.78, 5) is 6.62. The van der Waals surface area contributed by atoms with Crippen LogP contribution >= 0.6 is 0 Å². The molecule has 1 saturated heterocycles. The Labute approximate surface area is 109 Å². The zero-order valence-electron chi connectivity index (χ0n) is 11.4. The quantitative estimate of drug-likeness (QED) is 0.780. The Bertz CT molecular complexity index is 351. The number of nitrogens with one attached hydrogen (secondary N) is 1. The highest BCUT2D eigenvalue weighted by Gasteiger charge is 2.32. The Balaban J connectivity index is 1.59. The Kier molecular flexibility index (Phi) is 4.69. The van der Waals surface area contributed by atoms with Crippen LogP contribution in [0.2, 0.25) is 0 Å². The maximum atomic E-state index is 5.87. The first kappa shape index (κ1) is 13.5. The fourth-order valence-electron chi connectivity index (χ4n) is 1.99. The van der Waals surface area contributed by atoms with Gasteiger partial charge in [-0.05, 0) is 26.1 Å². The number of aromatic nitrogens is 1. The summed E-state index contributed by atoms with van der Waals surface area (Å²) in [5.74, 6) is 0. The molecule has 2 heterocycles. The zero-order valence-corrected chi connectivity index (χ0v) is 11.4.